The summed E-state index contributed by atoms with van der Waals surface area (Å²) in [4.78, 5) is 24.5. The van der Waals surface area contributed by atoms with Gasteiger partial charge in [0, 0.05) is 11.8 Å². The third-order valence-electron chi connectivity index (χ3n) is 6.64. The summed E-state index contributed by atoms with van der Waals surface area (Å²) in [6.45, 7) is 4.62. The highest BCUT2D eigenvalue weighted by atomic mass is 16.6. The van der Waals surface area contributed by atoms with E-state index in [1.54, 1.807) is 0 Å². The number of aliphatic hydroxyl groups is 1. The van der Waals surface area contributed by atoms with Crippen molar-refractivity contribution in [2.45, 2.75) is 45.1 Å². The first-order chi connectivity index (χ1) is 8.83. The highest BCUT2D eigenvalue weighted by molar-refractivity contribution is 5.92. The number of ketones is 1. The quantitative estimate of drug-likeness (QED) is 0.670. The van der Waals surface area contributed by atoms with Crippen LogP contribution in [0.4, 0.5) is 0 Å². The van der Waals surface area contributed by atoms with Crippen molar-refractivity contribution in [2.75, 3.05) is 6.61 Å². The van der Waals surface area contributed by atoms with Crippen LogP contribution >= 0.6 is 0 Å². The number of hydrogen-bond acceptors (Lipinski definition) is 4. The van der Waals surface area contributed by atoms with E-state index in [0.29, 0.717) is 18.8 Å². The van der Waals surface area contributed by atoms with E-state index < -0.39 is 17.0 Å². The SMILES string of the molecule is CC1(C)C[C@]23[C@@H]4COC(=O)[C@@]2(O)CC[C@H]1[C@@H]3CC4=O. The number of hydrogen-bond donors (Lipinski definition) is 1. The van der Waals surface area contributed by atoms with E-state index in [0.717, 1.165) is 12.8 Å². The van der Waals surface area contributed by atoms with E-state index in [4.69, 9.17) is 4.74 Å². The molecule has 0 aromatic rings. The number of esters is 1. The Balaban J connectivity index is 1.95. The van der Waals surface area contributed by atoms with Gasteiger partial charge < -0.3 is 9.84 Å². The van der Waals surface area contributed by atoms with Crippen LogP contribution in [0.2, 0.25) is 0 Å². The van der Waals surface area contributed by atoms with Crippen LogP contribution in [0.1, 0.15) is 39.5 Å². The number of Topliss-reactive ketones (excluding diaryl/α,β-unsaturated/α-hetero) is 1. The summed E-state index contributed by atoms with van der Waals surface area (Å²) in [6, 6.07) is 0. The second kappa shape index (κ2) is 3.05. The predicted molar refractivity (Wildman–Crippen MR) is 66.1 cm³/mol. The number of ether oxygens (including phenoxy) is 1. The first-order valence-corrected chi connectivity index (χ1v) is 7.25. The van der Waals surface area contributed by atoms with Crippen LogP contribution in [0, 0.1) is 28.6 Å². The molecule has 4 rings (SSSR count). The van der Waals surface area contributed by atoms with E-state index >= 15 is 0 Å². The molecule has 1 saturated heterocycles. The maximum Gasteiger partial charge on any atom is 0.338 e. The lowest BCUT2D eigenvalue weighted by Gasteiger charge is -2.52. The Hall–Kier alpha value is -0.900. The zero-order valence-electron chi connectivity index (χ0n) is 11.4. The van der Waals surface area contributed by atoms with Crippen LogP contribution in [0.3, 0.4) is 0 Å². The molecule has 3 saturated carbocycles. The lowest BCUT2D eigenvalue weighted by molar-refractivity contribution is -0.221. The van der Waals surface area contributed by atoms with Gasteiger partial charge in [-0.2, -0.15) is 0 Å². The lowest BCUT2D eigenvalue weighted by atomic mass is 9.55. The van der Waals surface area contributed by atoms with Gasteiger partial charge in [-0.15, -0.1) is 0 Å². The fraction of sp³-hybridized carbons (Fsp3) is 0.867. The summed E-state index contributed by atoms with van der Waals surface area (Å²) in [5.41, 5.74) is -1.85. The van der Waals surface area contributed by atoms with Crippen molar-refractivity contribution in [3.8, 4) is 0 Å². The van der Waals surface area contributed by atoms with Crippen molar-refractivity contribution in [3.63, 3.8) is 0 Å². The van der Waals surface area contributed by atoms with Crippen molar-refractivity contribution >= 4 is 11.8 Å². The van der Waals surface area contributed by atoms with E-state index in [9.17, 15) is 14.7 Å². The van der Waals surface area contributed by atoms with Gasteiger partial charge in [-0.25, -0.2) is 4.79 Å². The molecule has 0 aromatic heterocycles. The minimum atomic E-state index is -1.42. The first-order valence-electron chi connectivity index (χ1n) is 7.25. The zero-order valence-corrected chi connectivity index (χ0v) is 11.4. The molecule has 0 amide bonds. The molecule has 0 unspecified atom stereocenters. The van der Waals surface area contributed by atoms with Gasteiger partial charge >= 0.3 is 5.97 Å². The first kappa shape index (κ1) is 11.9. The maximum absolute atomic E-state index is 12.3. The average molecular weight is 264 g/mol. The van der Waals surface area contributed by atoms with Gasteiger partial charge in [0.05, 0.1) is 5.92 Å². The van der Waals surface area contributed by atoms with Crippen molar-refractivity contribution in [1.82, 2.24) is 0 Å². The monoisotopic (exact) mass is 264 g/mol. The molecule has 4 nitrogen and oxygen atoms in total. The molecule has 0 radical (unpaired) electrons. The summed E-state index contributed by atoms with van der Waals surface area (Å²) in [6.07, 6.45) is 2.58. The molecule has 1 N–H and O–H groups in total. The van der Waals surface area contributed by atoms with E-state index in [-0.39, 0.29) is 29.6 Å². The third kappa shape index (κ3) is 1.04. The Morgan fingerprint density at radius 1 is 1.26 bits per heavy atom. The minimum absolute atomic E-state index is 0.103. The van der Waals surface area contributed by atoms with E-state index in [1.165, 1.54) is 0 Å². The molecule has 104 valence electrons. The smallest absolute Gasteiger partial charge is 0.338 e. The van der Waals surface area contributed by atoms with Crippen molar-refractivity contribution in [3.05, 3.63) is 0 Å². The number of rotatable bonds is 0. The molecule has 5 atom stereocenters. The fourth-order valence-electron chi connectivity index (χ4n) is 6.01. The topological polar surface area (TPSA) is 63.6 Å². The van der Waals surface area contributed by atoms with Crippen LogP contribution in [0.5, 0.6) is 0 Å². The second-order valence-electron chi connectivity index (χ2n) is 7.64. The van der Waals surface area contributed by atoms with Crippen molar-refractivity contribution in [1.29, 1.82) is 0 Å². The molecule has 4 fully saturated rings. The van der Waals surface area contributed by atoms with Crippen LogP contribution in [-0.4, -0.2) is 29.1 Å². The molecule has 2 bridgehead atoms. The van der Waals surface area contributed by atoms with Crippen molar-refractivity contribution < 1.29 is 19.4 Å². The highest BCUT2D eigenvalue weighted by Gasteiger charge is 2.78. The lowest BCUT2D eigenvalue weighted by Crippen LogP contribution is -2.64. The minimum Gasteiger partial charge on any atom is -0.463 e. The second-order valence-corrected chi connectivity index (χ2v) is 7.64. The molecule has 4 aliphatic rings. The standard InChI is InChI=1S/C15H20O4/c1-13(2)7-14-9-5-11(16)10(14)6-19-12(17)15(14,18)4-3-8(9)13/h8-10,18H,3-7H2,1-2H3/t8-,9-,10+,14-,15-/m0/s1. The average Bonchev–Trinajstić information content (AvgIpc) is 2.66. The Morgan fingerprint density at radius 2 is 2.00 bits per heavy atom. The summed E-state index contributed by atoms with van der Waals surface area (Å²) in [5, 5.41) is 11.0. The number of carbonyl (C=O) groups excluding carboxylic acids is 2. The van der Waals surface area contributed by atoms with Crippen LogP contribution in [0.15, 0.2) is 0 Å². The Labute approximate surface area is 112 Å². The van der Waals surface area contributed by atoms with Gasteiger partial charge in [0.25, 0.3) is 0 Å². The molecule has 0 aromatic carbocycles. The van der Waals surface area contributed by atoms with Crippen LogP contribution in [-0.2, 0) is 14.3 Å². The summed E-state index contributed by atoms with van der Waals surface area (Å²) in [5.74, 6) is 0.0573. The maximum atomic E-state index is 12.3. The van der Waals surface area contributed by atoms with E-state index in [1.807, 2.05) is 0 Å². The van der Waals surface area contributed by atoms with Crippen LogP contribution < -0.4 is 0 Å². The van der Waals surface area contributed by atoms with Gasteiger partial charge in [0.2, 0.25) is 0 Å². The van der Waals surface area contributed by atoms with Gasteiger partial charge in [-0.05, 0) is 36.5 Å². The zero-order chi connectivity index (χ0) is 13.6. The Kier molecular flexibility index (Phi) is 1.91. The molecule has 1 spiro atoms. The van der Waals surface area contributed by atoms with Gasteiger partial charge in [-0.3, -0.25) is 4.79 Å². The molecule has 1 aliphatic heterocycles. The molecule has 1 heterocycles. The largest absolute Gasteiger partial charge is 0.463 e. The summed E-state index contributed by atoms with van der Waals surface area (Å²) < 4.78 is 5.15. The third-order valence-corrected chi connectivity index (χ3v) is 6.64. The number of cyclic esters (lactones) is 1. The van der Waals surface area contributed by atoms with Crippen molar-refractivity contribution in [2.24, 2.45) is 28.6 Å². The number of carbonyl (C=O) groups is 2. The normalized spacial score (nSPS) is 53.9. The van der Waals surface area contributed by atoms with E-state index in [2.05, 4.69) is 13.8 Å². The van der Waals surface area contributed by atoms with Crippen LogP contribution in [0.25, 0.3) is 0 Å². The molecule has 19 heavy (non-hydrogen) atoms. The Bertz CT molecular complexity index is 496. The Morgan fingerprint density at radius 3 is 2.74 bits per heavy atom. The highest BCUT2D eigenvalue weighted by Crippen LogP contribution is 2.74. The molecular formula is C15H20O4. The van der Waals surface area contributed by atoms with Gasteiger partial charge in [0.15, 0.2) is 5.60 Å². The molecule has 4 heteroatoms. The summed E-state index contributed by atoms with van der Waals surface area (Å²) in [7, 11) is 0. The van der Waals surface area contributed by atoms with Gasteiger partial charge in [-0.1, -0.05) is 13.8 Å². The summed E-state index contributed by atoms with van der Waals surface area (Å²) >= 11 is 0. The fourth-order valence-corrected chi connectivity index (χ4v) is 6.01. The molecular weight excluding hydrogens is 244 g/mol. The van der Waals surface area contributed by atoms with Gasteiger partial charge in [0.1, 0.15) is 12.4 Å². The molecule has 3 aliphatic carbocycles. The predicted octanol–water partition coefficient (Wildman–Crippen LogP) is 1.31.